The molecule has 30 heavy (non-hydrogen) atoms. The van der Waals surface area contributed by atoms with E-state index in [1.54, 1.807) is 0 Å². The van der Waals surface area contributed by atoms with Crippen molar-refractivity contribution >= 4 is 22.7 Å². The number of anilines is 1. The number of carbonyl (C=O) groups is 1. The second-order valence-electron chi connectivity index (χ2n) is 7.35. The number of nitrogens with zero attached hydrogens (tertiary/aromatic N) is 2. The molecule has 2 aromatic heterocycles. The van der Waals surface area contributed by atoms with Gasteiger partial charge in [-0.3, -0.25) is 10.1 Å². The molecule has 4 aromatic rings. The van der Waals surface area contributed by atoms with E-state index in [0.29, 0.717) is 11.3 Å². The number of carbonyl (C=O) groups excluding carboxylic acids is 1. The second kappa shape index (κ2) is 8.02. The van der Waals surface area contributed by atoms with Gasteiger partial charge in [0.05, 0.1) is 6.10 Å². The standard InChI is InChI=1S/C23H23N3O4/c1-5-15-6-11-19-18(12-15)14(4)21(29-19)23(27)24-22-20(25-30-26-22)16-7-9-17(10-8-16)28-13(2)3/h6-13H,5H2,1-4H3,(H,24,26,27). The number of hydrogen-bond acceptors (Lipinski definition) is 6. The van der Waals surface area contributed by atoms with Gasteiger partial charge in [0.25, 0.3) is 5.91 Å². The molecule has 7 nitrogen and oxygen atoms in total. The van der Waals surface area contributed by atoms with Crippen molar-refractivity contribution in [3.63, 3.8) is 0 Å². The van der Waals surface area contributed by atoms with Crippen molar-refractivity contribution in [3.05, 3.63) is 59.4 Å². The molecule has 1 N–H and O–H groups in total. The van der Waals surface area contributed by atoms with Crippen LogP contribution >= 0.6 is 0 Å². The van der Waals surface area contributed by atoms with E-state index in [4.69, 9.17) is 13.8 Å². The molecular weight excluding hydrogens is 382 g/mol. The van der Waals surface area contributed by atoms with Crippen molar-refractivity contribution < 1.29 is 18.6 Å². The van der Waals surface area contributed by atoms with Crippen LogP contribution in [0.2, 0.25) is 0 Å². The summed E-state index contributed by atoms with van der Waals surface area (Å²) in [6.07, 6.45) is 0.997. The van der Waals surface area contributed by atoms with E-state index in [2.05, 4.69) is 28.6 Å². The van der Waals surface area contributed by atoms with Crippen LogP contribution in [0.5, 0.6) is 5.75 Å². The predicted octanol–water partition coefficient (Wildman–Crippen LogP) is 5.39. The molecule has 0 saturated carbocycles. The Balaban J connectivity index is 1.59. The first-order chi connectivity index (χ1) is 14.5. The molecule has 2 aromatic carbocycles. The monoisotopic (exact) mass is 405 g/mol. The van der Waals surface area contributed by atoms with E-state index in [1.807, 2.05) is 57.2 Å². The number of amides is 1. The van der Waals surface area contributed by atoms with Gasteiger partial charge in [-0.1, -0.05) is 13.0 Å². The minimum atomic E-state index is -0.404. The summed E-state index contributed by atoms with van der Waals surface area (Å²) in [6, 6.07) is 13.3. The lowest BCUT2D eigenvalue weighted by Gasteiger charge is -2.09. The van der Waals surface area contributed by atoms with Gasteiger partial charge < -0.3 is 9.15 Å². The molecule has 0 aliphatic rings. The molecule has 154 valence electrons. The van der Waals surface area contributed by atoms with Crippen molar-refractivity contribution in [2.75, 3.05) is 5.32 Å². The molecule has 0 saturated heterocycles. The number of rotatable bonds is 6. The SMILES string of the molecule is CCc1ccc2oc(C(=O)Nc3nonc3-c3ccc(OC(C)C)cc3)c(C)c2c1. The average molecular weight is 405 g/mol. The summed E-state index contributed by atoms with van der Waals surface area (Å²) in [4.78, 5) is 12.9. The van der Waals surface area contributed by atoms with Gasteiger partial charge in [0.1, 0.15) is 11.3 Å². The maximum absolute atomic E-state index is 12.9. The van der Waals surface area contributed by atoms with Crippen molar-refractivity contribution in [3.8, 4) is 17.0 Å². The molecule has 0 bridgehead atoms. The van der Waals surface area contributed by atoms with Gasteiger partial charge in [-0.25, -0.2) is 4.63 Å². The highest BCUT2D eigenvalue weighted by Crippen LogP contribution is 2.30. The van der Waals surface area contributed by atoms with Crippen LogP contribution in [-0.2, 0) is 6.42 Å². The summed E-state index contributed by atoms with van der Waals surface area (Å²) >= 11 is 0. The lowest BCUT2D eigenvalue weighted by atomic mass is 10.1. The quantitative estimate of drug-likeness (QED) is 0.462. The van der Waals surface area contributed by atoms with Crippen molar-refractivity contribution in [2.24, 2.45) is 0 Å². The van der Waals surface area contributed by atoms with Gasteiger partial charge in [-0.15, -0.1) is 0 Å². The summed E-state index contributed by atoms with van der Waals surface area (Å²) in [6.45, 7) is 7.89. The first-order valence-corrected chi connectivity index (χ1v) is 9.89. The molecule has 1 amide bonds. The third-order valence-corrected chi connectivity index (χ3v) is 4.84. The lowest BCUT2D eigenvalue weighted by molar-refractivity contribution is 0.0997. The molecule has 7 heteroatoms. The fourth-order valence-corrected chi connectivity index (χ4v) is 3.29. The van der Waals surface area contributed by atoms with Crippen LogP contribution in [0.3, 0.4) is 0 Å². The highest BCUT2D eigenvalue weighted by Gasteiger charge is 2.22. The van der Waals surface area contributed by atoms with Gasteiger partial charge in [-0.2, -0.15) is 0 Å². The normalized spacial score (nSPS) is 11.2. The Hall–Kier alpha value is -3.61. The number of benzene rings is 2. The Bertz CT molecular complexity index is 1190. The molecule has 0 spiro atoms. The summed E-state index contributed by atoms with van der Waals surface area (Å²) in [7, 11) is 0. The minimum absolute atomic E-state index is 0.0832. The first-order valence-electron chi connectivity index (χ1n) is 9.89. The molecule has 0 fully saturated rings. The average Bonchev–Trinajstić information content (AvgIpc) is 3.32. The molecule has 0 unspecified atom stereocenters. The number of aromatic nitrogens is 2. The highest BCUT2D eigenvalue weighted by molar-refractivity contribution is 6.07. The number of furan rings is 1. The number of fused-ring (bicyclic) bond motifs is 1. The first kappa shape index (κ1) is 19.7. The number of aryl methyl sites for hydroxylation is 2. The molecule has 2 heterocycles. The van der Waals surface area contributed by atoms with Gasteiger partial charge in [0.15, 0.2) is 11.5 Å². The molecular formula is C23H23N3O4. The van der Waals surface area contributed by atoms with E-state index >= 15 is 0 Å². The molecule has 0 aliphatic heterocycles. The fraction of sp³-hybridized carbons (Fsp3) is 0.261. The molecule has 0 aliphatic carbocycles. The van der Waals surface area contributed by atoms with Gasteiger partial charge >= 0.3 is 0 Å². The largest absolute Gasteiger partial charge is 0.491 e. The van der Waals surface area contributed by atoms with Gasteiger partial charge in [0.2, 0.25) is 5.82 Å². The van der Waals surface area contributed by atoms with Crippen LogP contribution < -0.4 is 10.1 Å². The molecule has 0 radical (unpaired) electrons. The van der Waals surface area contributed by atoms with Crippen LogP contribution in [0, 0.1) is 6.92 Å². The van der Waals surface area contributed by atoms with E-state index in [-0.39, 0.29) is 17.7 Å². The number of hydrogen-bond donors (Lipinski definition) is 1. The predicted molar refractivity (Wildman–Crippen MR) is 114 cm³/mol. The zero-order chi connectivity index (χ0) is 21.3. The maximum Gasteiger partial charge on any atom is 0.292 e. The van der Waals surface area contributed by atoms with Crippen molar-refractivity contribution in [1.82, 2.24) is 10.3 Å². The summed E-state index contributed by atoms with van der Waals surface area (Å²) in [5.74, 6) is 0.818. The third kappa shape index (κ3) is 3.78. The highest BCUT2D eigenvalue weighted by atomic mass is 16.6. The fourth-order valence-electron chi connectivity index (χ4n) is 3.29. The maximum atomic E-state index is 12.9. The molecule has 4 rings (SSSR count). The Morgan fingerprint density at radius 3 is 2.60 bits per heavy atom. The second-order valence-corrected chi connectivity index (χ2v) is 7.35. The lowest BCUT2D eigenvalue weighted by Crippen LogP contribution is -2.13. The zero-order valence-corrected chi connectivity index (χ0v) is 17.4. The Kier molecular flexibility index (Phi) is 5.27. The summed E-state index contributed by atoms with van der Waals surface area (Å²) < 4.78 is 16.3. The Morgan fingerprint density at radius 2 is 1.90 bits per heavy atom. The van der Waals surface area contributed by atoms with E-state index in [9.17, 15) is 4.79 Å². The minimum Gasteiger partial charge on any atom is -0.491 e. The van der Waals surface area contributed by atoms with Crippen molar-refractivity contribution in [2.45, 2.75) is 40.2 Å². The Morgan fingerprint density at radius 1 is 1.13 bits per heavy atom. The summed E-state index contributed by atoms with van der Waals surface area (Å²) in [5.41, 5.74) is 3.82. The van der Waals surface area contributed by atoms with Crippen LogP contribution in [0.15, 0.2) is 51.5 Å². The van der Waals surface area contributed by atoms with E-state index in [0.717, 1.165) is 28.7 Å². The molecule has 0 atom stereocenters. The smallest absolute Gasteiger partial charge is 0.292 e. The number of nitrogens with one attached hydrogen (secondary N) is 1. The van der Waals surface area contributed by atoms with Gasteiger partial charge in [-0.05, 0) is 79.5 Å². The van der Waals surface area contributed by atoms with E-state index < -0.39 is 5.91 Å². The van der Waals surface area contributed by atoms with Gasteiger partial charge in [0, 0.05) is 16.5 Å². The van der Waals surface area contributed by atoms with E-state index in [1.165, 1.54) is 5.56 Å². The van der Waals surface area contributed by atoms with Crippen LogP contribution in [-0.4, -0.2) is 22.3 Å². The van der Waals surface area contributed by atoms with Crippen LogP contribution in [0.4, 0.5) is 5.82 Å². The summed E-state index contributed by atoms with van der Waals surface area (Å²) in [5, 5.41) is 11.5. The van der Waals surface area contributed by atoms with Crippen LogP contribution in [0.25, 0.3) is 22.2 Å². The topological polar surface area (TPSA) is 90.4 Å². The van der Waals surface area contributed by atoms with Crippen LogP contribution in [0.1, 0.15) is 42.5 Å². The van der Waals surface area contributed by atoms with Crippen molar-refractivity contribution in [1.29, 1.82) is 0 Å². The third-order valence-electron chi connectivity index (χ3n) is 4.84. The zero-order valence-electron chi connectivity index (χ0n) is 17.4. The Labute approximate surface area is 174 Å². The number of ether oxygens (including phenoxy) is 1.